The van der Waals surface area contributed by atoms with E-state index >= 15 is 0 Å². The number of ketones is 1. The number of aryl methyl sites for hydroxylation is 3. The van der Waals surface area contributed by atoms with Crippen molar-refractivity contribution in [3.63, 3.8) is 0 Å². The predicted molar refractivity (Wildman–Crippen MR) is 135 cm³/mol. The van der Waals surface area contributed by atoms with Crippen LogP contribution >= 0.6 is 0 Å². The first-order valence-electron chi connectivity index (χ1n) is 11.6. The van der Waals surface area contributed by atoms with E-state index in [-0.39, 0.29) is 31.0 Å². The number of halogens is 2. The molecule has 1 N–H and O–H groups in total. The van der Waals surface area contributed by atoms with Gasteiger partial charge in [-0.05, 0) is 62.2 Å². The van der Waals surface area contributed by atoms with Crippen LogP contribution in [0.3, 0.4) is 0 Å². The van der Waals surface area contributed by atoms with Crippen molar-refractivity contribution in [2.75, 3.05) is 12.4 Å². The normalized spacial score (nSPS) is 10.7. The zero-order chi connectivity index (χ0) is 26.4. The Morgan fingerprint density at radius 3 is 2.32 bits per heavy atom. The maximum atomic E-state index is 13.5. The van der Waals surface area contributed by atoms with Gasteiger partial charge >= 0.3 is 0 Å². The first kappa shape index (κ1) is 25.7. The van der Waals surface area contributed by atoms with Gasteiger partial charge in [0.25, 0.3) is 0 Å². The fraction of sp³-hybridized carbons (Fsp3) is 0.214. The SMILES string of the molecule is COc1ccc(COc2cc(CCC(=O)c3cc(F)cc(F)c3)nc(Nc3ccc(C)nc3C)n2)cc1. The van der Waals surface area contributed by atoms with E-state index in [9.17, 15) is 13.6 Å². The summed E-state index contributed by atoms with van der Waals surface area (Å²) in [5.74, 6) is -0.665. The molecule has 0 amide bonds. The van der Waals surface area contributed by atoms with Gasteiger partial charge in [-0.2, -0.15) is 4.98 Å². The number of rotatable bonds is 10. The number of anilines is 2. The average molecular weight is 505 g/mol. The number of Topliss-reactive ketones (excluding diaryl/α,β-unsaturated/α-hetero) is 1. The lowest BCUT2D eigenvalue weighted by Crippen LogP contribution is -2.08. The van der Waals surface area contributed by atoms with Gasteiger partial charge < -0.3 is 14.8 Å². The third-order valence-corrected chi connectivity index (χ3v) is 5.57. The zero-order valence-corrected chi connectivity index (χ0v) is 20.7. The fourth-order valence-electron chi connectivity index (χ4n) is 3.65. The molecule has 0 aliphatic heterocycles. The minimum Gasteiger partial charge on any atom is -0.497 e. The van der Waals surface area contributed by atoms with Crippen LogP contribution in [0, 0.1) is 25.5 Å². The molecule has 9 heteroatoms. The van der Waals surface area contributed by atoms with Crippen molar-refractivity contribution in [1.29, 1.82) is 0 Å². The number of aromatic nitrogens is 3. The zero-order valence-electron chi connectivity index (χ0n) is 20.7. The van der Waals surface area contributed by atoms with Crippen LogP contribution in [0.4, 0.5) is 20.4 Å². The summed E-state index contributed by atoms with van der Waals surface area (Å²) in [4.78, 5) is 26.0. The van der Waals surface area contributed by atoms with E-state index in [4.69, 9.17) is 9.47 Å². The fourth-order valence-corrected chi connectivity index (χ4v) is 3.65. The molecule has 0 fully saturated rings. The molecule has 0 unspecified atom stereocenters. The smallest absolute Gasteiger partial charge is 0.230 e. The molecule has 4 aromatic rings. The van der Waals surface area contributed by atoms with Crippen LogP contribution in [-0.2, 0) is 13.0 Å². The number of hydrogen-bond acceptors (Lipinski definition) is 7. The summed E-state index contributed by atoms with van der Waals surface area (Å²) in [5.41, 5.74) is 3.81. The van der Waals surface area contributed by atoms with Crippen molar-refractivity contribution in [2.45, 2.75) is 33.3 Å². The Hall–Kier alpha value is -4.40. The van der Waals surface area contributed by atoms with E-state index in [1.807, 2.05) is 50.2 Å². The van der Waals surface area contributed by atoms with E-state index in [2.05, 4.69) is 20.3 Å². The van der Waals surface area contributed by atoms with E-state index in [1.165, 1.54) is 0 Å². The summed E-state index contributed by atoms with van der Waals surface area (Å²) in [6.07, 6.45) is 0.223. The highest BCUT2D eigenvalue weighted by molar-refractivity contribution is 5.96. The first-order chi connectivity index (χ1) is 17.8. The summed E-state index contributed by atoms with van der Waals surface area (Å²) in [6, 6.07) is 15.6. The van der Waals surface area contributed by atoms with Crippen LogP contribution in [0.25, 0.3) is 0 Å². The van der Waals surface area contributed by atoms with Crippen molar-refractivity contribution in [3.05, 3.63) is 101 Å². The quantitative estimate of drug-likeness (QED) is 0.269. The van der Waals surface area contributed by atoms with Gasteiger partial charge in [-0.3, -0.25) is 9.78 Å². The lowest BCUT2D eigenvalue weighted by Gasteiger charge is -2.12. The van der Waals surface area contributed by atoms with E-state index < -0.39 is 17.4 Å². The molecule has 0 aliphatic rings. The molecule has 0 saturated heterocycles. The molecule has 0 aliphatic carbocycles. The minimum absolute atomic E-state index is 0.00236. The van der Waals surface area contributed by atoms with Crippen LogP contribution in [0.1, 0.15) is 39.4 Å². The summed E-state index contributed by atoms with van der Waals surface area (Å²) < 4.78 is 38.2. The molecule has 0 spiro atoms. The molecule has 2 heterocycles. The van der Waals surface area contributed by atoms with Crippen LogP contribution in [0.2, 0.25) is 0 Å². The largest absolute Gasteiger partial charge is 0.497 e. The maximum absolute atomic E-state index is 13.5. The van der Waals surface area contributed by atoms with Crippen molar-refractivity contribution >= 4 is 17.4 Å². The summed E-state index contributed by atoms with van der Waals surface area (Å²) in [5, 5.41) is 3.16. The lowest BCUT2D eigenvalue weighted by molar-refractivity contribution is 0.0981. The van der Waals surface area contributed by atoms with E-state index in [0.29, 0.717) is 11.6 Å². The molecule has 190 valence electrons. The minimum atomic E-state index is -0.798. The Bertz CT molecular complexity index is 1390. The Morgan fingerprint density at radius 1 is 0.919 bits per heavy atom. The van der Waals surface area contributed by atoms with Gasteiger partial charge in [0, 0.05) is 29.8 Å². The van der Waals surface area contributed by atoms with Crippen molar-refractivity contribution in [1.82, 2.24) is 15.0 Å². The van der Waals surface area contributed by atoms with Gasteiger partial charge in [0.2, 0.25) is 11.8 Å². The first-order valence-corrected chi connectivity index (χ1v) is 11.6. The van der Waals surface area contributed by atoms with Gasteiger partial charge in [0.1, 0.15) is 24.0 Å². The maximum Gasteiger partial charge on any atom is 0.230 e. The summed E-state index contributed by atoms with van der Waals surface area (Å²) >= 11 is 0. The van der Waals surface area contributed by atoms with Crippen molar-refractivity contribution < 1.29 is 23.0 Å². The Balaban J connectivity index is 1.54. The van der Waals surface area contributed by atoms with Gasteiger partial charge in [-0.25, -0.2) is 13.8 Å². The number of nitrogens with zero attached hydrogens (tertiary/aromatic N) is 3. The number of hydrogen-bond donors (Lipinski definition) is 1. The highest BCUT2D eigenvalue weighted by Crippen LogP contribution is 2.22. The number of benzene rings is 2. The second-order valence-corrected chi connectivity index (χ2v) is 8.45. The lowest BCUT2D eigenvalue weighted by atomic mass is 10.1. The van der Waals surface area contributed by atoms with Crippen LogP contribution in [-0.4, -0.2) is 27.8 Å². The molecule has 0 bridgehead atoms. The number of pyridine rings is 1. The Labute approximate surface area is 213 Å². The summed E-state index contributed by atoms with van der Waals surface area (Å²) in [6.45, 7) is 4.03. The molecule has 2 aromatic carbocycles. The molecule has 2 aromatic heterocycles. The van der Waals surface area contributed by atoms with Gasteiger partial charge in [0.05, 0.1) is 24.2 Å². The van der Waals surface area contributed by atoms with Crippen molar-refractivity contribution in [3.8, 4) is 11.6 Å². The Morgan fingerprint density at radius 2 is 1.65 bits per heavy atom. The molecular formula is C28H26F2N4O3. The van der Waals surface area contributed by atoms with Gasteiger partial charge in [-0.1, -0.05) is 12.1 Å². The standard InChI is InChI=1S/C28H26F2N4O3/c1-17-4-10-25(18(2)31-17)33-28-32-23(7-11-26(35)20-12-21(29)14-22(30)13-20)15-27(34-28)37-16-19-5-8-24(36-3)9-6-19/h4-6,8-10,12-15H,7,11,16H2,1-3H3,(H,32,33,34). The summed E-state index contributed by atoms with van der Waals surface area (Å²) in [7, 11) is 1.60. The second-order valence-electron chi connectivity index (χ2n) is 8.45. The van der Waals surface area contributed by atoms with E-state index in [0.717, 1.165) is 46.6 Å². The molecule has 0 radical (unpaired) electrons. The monoisotopic (exact) mass is 504 g/mol. The highest BCUT2D eigenvalue weighted by Gasteiger charge is 2.13. The predicted octanol–water partition coefficient (Wildman–Crippen LogP) is 5.91. The number of carbonyl (C=O) groups is 1. The van der Waals surface area contributed by atoms with Crippen LogP contribution in [0.15, 0.2) is 60.7 Å². The third kappa shape index (κ3) is 7.07. The third-order valence-electron chi connectivity index (χ3n) is 5.57. The Kier molecular flexibility index (Phi) is 8.02. The van der Waals surface area contributed by atoms with Crippen LogP contribution in [0.5, 0.6) is 11.6 Å². The van der Waals surface area contributed by atoms with Gasteiger partial charge in [0.15, 0.2) is 5.78 Å². The molecule has 7 nitrogen and oxygen atoms in total. The highest BCUT2D eigenvalue weighted by atomic mass is 19.1. The van der Waals surface area contributed by atoms with Gasteiger partial charge in [-0.15, -0.1) is 0 Å². The molecule has 0 saturated carbocycles. The second kappa shape index (κ2) is 11.6. The number of ether oxygens (including phenoxy) is 2. The molecule has 0 atom stereocenters. The molecule has 37 heavy (non-hydrogen) atoms. The van der Waals surface area contributed by atoms with Crippen LogP contribution < -0.4 is 14.8 Å². The molecular weight excluding hydrogens is 478 g/mol. The number of methoxy groups -OCH3 is 1. The van der Waals surface area contributed by atoms with E-state index in [1.54, 1.807) is 13.2 Å². The number of nitrogens with one attached hydrogen (secondary N) is 1. The average Bonchev–Trinajstić information content (AvgIpc) is 2.87. The van der Waals surface area contributed by atoms with Crippen molar-refractivity contribution in [2.24, 2.45) is 0 Å². The topological polar surface area (TPSA) is 86.2 Å². The molecule has 4 rings (SSSR count). The number of carbonyl (C=O) groups excluding carboxylic acids is 1.